The Morgan fingerprint density at radius 1 is 1.11 bits per heavy atom. The van der Waals surface area contributed by atoms with Crippen LogP contribution in [0.4, 0.5) is 10.1 Å². The number of carbonyl (C=O) groups excluding carboxylic acids is 2. The van der Waals surface area contributed by atoms with Crippen molar-refractivity contribution in [3.8, 4) is 0 Å². The van der Waals surface area contributed by atoms with Gasteiger partial charge in [0.1, 0.15) is 11.6 Å². The van der Waals surface area contributed by atoms with Crippen molar-refractivity contribution in [3.63, 3.8) is 0 Å². The van der Waals surface area contributed by atoms with Gasteiger partial charge >= 0.3 is 0 Å². The molecular formula is C21H20FNO3S. The van der Waals surface area contributed by atoms with Gasteiger partial charge in [0.15, 0.2) is 5.60 Å². The zero-order valence-corrected chi connectivity index (χ0v) is 16.4. The quantitative estimate of drug-likeness (QED) is 0.772. The smallest absolute Gasteiger partial charge is 0.221 e. The fraction of sp³-hybridized carbons (Fsp3) is 0.238. The number of halogens is 1. The maximum atomic E-state index is 14.3. The summed E-state index contributed by atoms with van der Waals surface area (Å²) in [5.41, 5.74) is 1.18. The van der Waals surface area contributed by atoms with Gasteiger partial charge in [0.2, 0.25) is 11.7 Å². The molecule has 1 N–H and O–H groups in total. The summed E-state index contributed by atoms with van der Waals surface area (Å²) in [6.07, 6.45) is 1.80. The van der Waals surface area contributed by atoms with E-state index in [9.17, 15) is 14.0 Å². The monoisotopic (exact) mass is 385 g/mol. The Hall–Kier alpha value is -2.60. The average Bonchev–Trinajstić information content (AvgIpc) is 2.85. The SMILES string of the molecule is CSc1ccc(C2=C(c3ccc(NC(C)=O)cc3)C(=O)C(C)(C)O2)cc1F. The predicted octanol–water partition coefficient (Wildman–Crippen LogP) is 4.75. The van der Waals surface area contributed by atoms with Crippen molar-refractivity contribution in [2.24, 2.45) is 0 Å². The van der Waals surface area contributed by atoms with Gasteiger partial charge in [-0.2, -0.15) is 0 Å². The first-order chi connectivity index (χ1) is 12.7. The van der Waals surface area contributed by atoms with Gasteiger partial charge in [-0.15, -0.1) is 11.8 Å². The third-order valence-corrected chi connectivity index (χ3v) is 5.04. The molecule has 6 heteroatoms. The van der Waals surface area contributed by atoms with E-state index in [-0.39, 0.29) is 17.5 Å². The maximum Gasteiger partial charge on any atom is 0.221 e. The molecule has 1 aliphatic heterocycles. The first kappa shape index (κ1) is 19.2. The first-order valence-corrected chi connectivity index (χ1v) is 9.65. The molecule has 140 valence electrons. The number of hydrogen-bond donors (Lipinski definition) is 1. The minimum Gasteiger partial charge on any atom is -0.478 e. The van der Waals surface area contributed by atoms with Gasteiger partial charge in [-0.3, -0.25) is 9.59 Å². The molecule has 0 bridgehead atoms. The number of rotatable bonds is 4. The van der Waals surface area contributed by atoms with Gasteiger partial charge in [-0.05, 0) is 56.0 Å². The van der Waals surface area contributed by atoms with Crippen LogP contribution >= 0.6 is 11.8 Å². The van der Waals surface area contributed by atoms with E-state index in [0.717, 1.165) is 0 Å². The van der Waals surface area contributed by atoms with E-state index < -0.39 is 5.60 Å². The summed E-state index contributed by atoms with van der Waals surface area (Å²) in [5.74, 6) is -0.329. The molecule has 0 fully saturated rings. The fourth-order valence-corrected chi connectivity index (χ4v) is 3.41. The van der Waals surface area contributed by atoms with E-state index in [0.29, 0.717) is 33.0 Å². The van der Waals surface area contributed by atoms with Crippen LogP contribution in [0.15, 0.2) is 47.4 Å². The van der Waals surface area contributed by atoms with Crippen LogP contribution < -0.4 is 5.32 Å². The molecule has 0 atom stereocenters. The number of anilines is 1. The third kappa shape index (κ3) is 3.76. The van der Waals surface area contributed by atoms with Gasteiger partial charge in [-0.1, -0.05) is 12.1 Å². The molecule has 0 aromatic heterocycles. The van der Waals surface area contributed by atoms with Crippen LogP contribution in [0.25, 0.3) is 11.3 Å². The van der Waals surface area contributed by atoms with E-state index in [1.807, 2.05) is 0 Å². The molecule has 0 saturated carbocycles. The lowest BCUT2D eigenvalue weighted by molar-refractivity contribution is -0.125. The number of ether oxygens (including phenoxy) is 1. The molecule has 0 spiro atoms. The Morgan fingerprint density at radius 2 is 1.74 bits per heavy atom. The summed E-state index contributed by atoms with van der Waals surface area (Å²) in [5, 5.41) is 2.69. The van der Waals surface area contributed by atoms with Crippen LogP contribution in [0.2, 0.25) is 0 Å². The molecule has 1 amide bonds. The van der Waals surface area contributed by atoms with Crippen molar-refractivity contribution >= 4 is 40.5 Å². The van der Waals surface area contributed by atoms with Crippen molar-refractivity contribution in [1.29, 1.82) is 0 Å². The predicted molar refractivity (Wildman–Crippen MR) is 106 cm³/mol. The third-order valence-electron chi connectivity index (χ3n) is 4.27. The van der Waals surface area contributed by atoms with Gasteiger partial charge in [0.25, 0.3) is 0 Å². The minimum absolute atomic E-state index is 0.167. The van der Waals surface area contributed by atoms with Crippen molar-refractivity contribution < 1.29 is 18.7 Å². The van der Waals surface area contributed by atoms with Crippen LogP contribution in [0.1, 0.15) is 31.9 Å². The van der Waals surface area contributed by atoms with Crippen LogP contribution in [-0.4, -0.2) is 23.5 Å². The van der Waals surface area contributed by atoms with Gasteiger partial charge in [0.05, 0.1) is 5.57 Å². The number of benzene rings is 2. The van der Waals surface area contributed by atoms with E-state index in [4.69, 9.17) is 4.74 Å². The van der Waals surface area contributed by atoms with Crippen molar-refractivity contribution in [1.82, 2.24) is 0 Å². The van der Waals surface area contributed by atoms with Gasteiger partial charge < -0.3 is 10.1 Å². The highest BCUT2D eigenvalue weighted by atomic mass is 32.2. The molecule has 1 aliphatic rings. The highest BCUT2D eigenvalue weighted by Gasteiger charge is 2.42. The number of thioether (sulfide) groups is 1. The first-order valence-electron chi connectivity index (χ1n) is 8.43. The number of Topliss-reactive ketones (excluding diaryl/α,β-unsaturated/α-hetero) is 1. The van der Waals surface area contributed by atoms with E-state index in [1.54, 1.807) is 56.5 Å². The molecule has 0 saturated heterocycles. The fourth-order valence-electron chi connectivity index (χ4n) is 2.95. The number of ketones is 1. The van der Waals surface area contributed by atoms with Crippen molar-refractivity contribution in [3.05, 3.63) is 59.4 Å². The highest BCUT2D eigenvalue weighted by molar-refractivity contribution is 7.98. The summed E-state index contributed by atoms with van der Waals surface area (Å²) >= 11 is 1.32. The van der Waals surface area contributed by atoms with Crippen molar-refractivity contribution in [2.45, 2.75) is 31.3 Å². The molecule has 3 rings (SSSR count). The Morgan fingerprint density at radius 3 is 2.30 bits per heavy atom. The summed E-state index contributed by atoms with van der Waals surface area (Å²) in [7, 11) is 0. The number of nitrogens with one attached hydrogen (secondary N) is 1. The van der Waals surface area contributed by atoms with Crippen molar-refractivity contribution in [2.75, 3.05) is 11.6 Å². The Labute approximate surface area is 161 Å². The summed E-state index contributed by atoms with van der Waals surface area (Å²) in [4.78, 5) is 24.6. The second-order valence-electron chi connectivity index (χ2n) is 6.75. The average molecular weight is 385 g/mol. The second kappa shape index (κ2) is 7.19. The number of amides is 1. The lowest BCUT2D eigenvalue weighted by Gasteiger charge is -2.18. The highest BCUT2D eigenvalue weighted by Crippen LogP contribution is 2.42. The minimum atomic E-state index is -1.03. The number of carbonyl (C=O) groups is 2. The largest absolute Gasteiger partial charge is 0.478 e. The molecule has 0 radical (unpaired) electrons. The Bertz CT molecular complexity index is 948. The standard InChI is InChI=1S/C21H20FNO3S/c1-12(24)23-15-8-5-13(6-9-15)18-19(26-21(2,3)20(18)25)14-7-10-17(27-4)16(22)11-14/h5-11H,1-4H3,(H,23,24). The zero-order chi connectivity index (χ0) is 19.8. The summed E-state index contributed by atoms with van der Waals surface area (Å²) in [6.45, 7) is 4.82. The molecule has 2 aromatic carbocycles. The van der Waals surface area contributed by atoms with Crippen LogP contribution in [0, 0.1) is 5.82 Å². The molecule has 27 heavy (non-hydrogen) atoms. The van der Waals surface area contributed by atoms with Gasteiger partial charge in [-0.25, -0.2) is 4.39 Å². The molecule has 0 unspecified atom stereocenters. The normalized spacial score (nSPS) is 15.7. The molecule has 0 aliphatic carbocycles. The van der Waals surface area contributed by atoms with Crippen LogP contribution in [-0.2, 0) is 14.3 Å². The maximum absolute atomic E-state index is 14.3. The topological polar surface area (TPSA) is 55.4 Å². The van der Waals surface area contributed by atoms with Crippen LogP contribution in [0.5, 0.6) is 0 Å². The molecular weight excluding hydrogens is 365 g/mol. The van der Waals surface area contributed by atoms with E-state index in [1.165, 1.54) is 24.8 Å². The lowest BCUT2D eigenvalue weighted by Crippen LogP contribution is -2.29. The molecule has 2 aromatic rings. The summed E-state index contributed by atoms with van der Waals surface area (Å²) < 4.78 is 20.2. The lowest BCUT2D eigenvalue weighted by atomic mass is 9.92. The summed E-state index contributed by atoms with van der Waals surface area (Å²) in [6, 6.07) is 11.8. The second-order valence-corrected chi connectivity index (χ2v) is 7.60. The molecule has 4 nitrogen and oxygen atoms in total. The zero-order valence-electron chi connectivity index (χ0n) is 15.6. The number of hydrogen-bond acceptors (Lipinski definition) is 4. The van der Waals surface area contributed by atoms with E-state index >= 15 is 0 Å². The van der Waals surface area contributed by atoms with Crippen LogP contribution in [0.3, 0.4) is 0 Å². The Balaban J connectivity index is 2.09. The molecule has 1 heterocycles. The van der Waals surface area contributed by atoms with E-state index in [2.05, 4.69) is 5.32 Å². The van der Waals surface area contributed by atoms with Gasteiger partial charge in [0, 0.05) is 23.1 Å². The Kier molecular flexibility index (Phi) is 5.11.